The van der Waals surface area contributed by atoms with Gasteiger partial charge in [0.15, 0.2) is 5.11 Å². The first-order chi connectivity index (χ1) is 7.27. The monoisotopic (exact) mass is 223 g/mol. The second kappa shape index (κ2) is 5.92. The van der Waals surface area contributed by atoms with Crippen LogP contribution in [0, 0.1) is 0 Å². The maximum atomic E-state index is 4.86. The minimum Gasteiger partial charge on any atom is -0.386 e. The highest BCUT2D eigenvalue weighted by molar-refractivity contribution is 7.80. The van der Waals surface area contributed by atoms with Crippen LogP contribution in [-0.4, -0.2) is 30.4 Å². The molecule has 0 radical (unpaired) electrons. The summed E-state index contributed by atoms with van der Waals surface area (Å²) in [7, 11) is 3.56. The molecule has 0 fully saturated rings. The standard InChI is InChI=1S/C9H13N5S/c1-10-7-4-3-5-12-8(7)6-13-14-9(15)11-2/h3-6,10H,1-2H3,(H2,11,14,15)/b13-6+. The highest BCUT2D eigenvalue weighted by atomic mass is 32.1. The molecule has 0 unspecified atom stereocenters. The van der Waals surface area contributed by atoms with Crippen LogP contribution in [0.3, 0.4) is 0 Å². The Kier molecular flexibility index (Phi) is 4.49. The third kappa shape index (κ3) is 3.51. The predicted octanol–water partition coefficient (Wildman–Crippen LogP) is 0.551. The summed E-state index contributed by atoms with van der Waals surface area (Å²) in [5.41, 5.74) is 4.33. The Labute approximate surface area is 94.0 Å². The van der Waals surface area contributed by atoms with Crippen molar-refractivity contribution in [1.82, 2.24) is 15.7 Å². The van der Waals surface area contributed by atoms with Crippen LogP contribution in [0.5, 0.6) is 0 Å². The van der Waals surface area contributed by atoms with Crippen LogP contribution in [0.1, 0.15) is 5.69 Å². The molecule has 0 aliphatic rings. The smallest absolute Gasteiger partial charge is 0.186 e. The molecule has 0 aliphatic heterocycles. The van der Waals surface area contributed by atoms with Gasteiger partial charge in [-0.15, -0.1) is 0 Å². The maximum Gasteiger partial charge on any atom is 0.186 e. The Bertz CT molecular complexity index is 363. The van der Waals surface area contributed by atoms with E-state index in [1.54, 1.807) is 19.5 Å². The van der Waals surface area contributed by atoms with Crippen LogP contribution >= 0.6 is 12.2 Å². The first kappa shape index (κ1) is 11.4. The average Bonchev–Trinajstić information content (AvgIpc) is 2.29. The van der Waals surface area contributed by atoms with Crippen molar-refractivity contribution in [3.8, 4) is 0 Å². The van der Waals surface area contributed by atoms with E-state index in [-0.39, 0.29) is 0 Å². The molecule has 3 N–H and O–H groups in total. The molecule has 0 aromatic carbocycles. The van der Waals surface area contributed by atoms with Crippen LogP contribution in [0.2, 0.25) is 0 Å². The number of rotatable bonds is 3. The van der Waals surface area contributed by atoms with Crippen LogP contribution in [-0.2, 0) is 0 Å². The topological polar surface area (TPSA) is 61.3 Å². The van der Waals surface area contributed by atoms with Gasteiger partial charge in [0.2, 0.25) is 0 Å². The molecule has 0 amide bonds. The van der Waals surface area contributed by atoms with Crippen molar-refractivity contribution in [2.45, 2.75) is 0 Å². The number of nitrogens with one attached hydrogen (secondary N) is 3. The van der Waals surface area contributed by atoms with Crippen molar-refractivity contribution in [3.63, 3.8) is 0 Å². The first-order valence-corrected chi connectivity index (χ1v) is 4.82. The van der Waals surface area contributed by atoms with Gasteiger partial charge in [0.1, 0.15) is 5.69 Å². The molecule has 1 aromatic rings. The number of nitrogens with zero attached hydrogens (tertiary/aromatic N) is 2. The van der Waals surface area contributed by atoms with E-state index in [1.165, 1.54) is 0 Å². The fourth-order valence-electron chi connectivity index (χ4n) is 0.940. The Morgan fingerprint density at radius 2 is 2.33 bits per heavy atom. The number of hydrogen-bond acceptors (Lipinski definition) is 4. The van der Waals surface area contributed by atoms with E-state index in [0.29, 0.717) is 5.11 Å². The van der Waals surface area contributed by atoms with Crippen LogP contribution in [0.15, 0.2) is 23.4 Å². The van der Waals surface area contributed by atoms with Gasteiger partial charge in [-0.1, -0.05) is 0 Å². The van der Waals surface area contributed by atoms with Gasteiger partial charge in [-0.25, -0.2) is 0 Å². The van der Waals surface area contributed by atoms with Crippen LogP contribution in [0.25, 0.3) is 0 Å². The van der Waals surface area contributed by atoms with Gasteiger partial charge < -0.3 is 10.6 Å². The molecule has 6 heteroatoms. The molecule has 5 nitrogen and oxygen atoms in total. The van der Waals surface area contributed by atoms with Gasteiger partial charge >= 0.3 is 0 Å². The second-order valence-electron chi connectivity index (χ2n) is 2.64. The minimum absolute atomic E-state index is 0.466. The largest absolute Gasteiger partial charge is 0.386 e. The molecule has 0 bridgehead atoms. The van der Waals surface area contributed by atoms with Crippen molar-refractivity contribution in [2.75, 3.05) is 19.4 Å². The third-order valence-electron chi connectivity index (χ3n) is 1.69. The van der Waals surface area contributed by atoms with Crippen molar-refractivity contribution < 1.29 is 0 Å². The van der Waals surface area contributed by atoms with E-state index < -0.39 is 0 Å². The predicted molar refractivity (Wildman–Crippen MR) is 66.2 cm³/mol. The lowest BCUT2D eigenvalue weighted by molar-refractivity contribution is 0.980. The van der Waals surface area contributed by atoms with Crippen LogP contribution < -0.4 is 16.1 Å². The lowest BCUT2D eigenvalue weighted by Gasteiger charge is -2.03. The Hall–Kier alpha value is -1.69. The summed E-state index contributed by atoms with van der Waals surface area (Å²) in [5.74, 6) is 0. The van der Waals surface area contributed by atoms with Crippen molar-refractivity contribution in [2.24, 2.45) is 5.10 Å². The molecule has 0 saturated heterocycles. The summed E-state index contributed by atoms with van der Waals surface area (Å²) in [4.78, 5) is 4.16. The third-order valence-corrected chi connectivity index (χ3v) is 1.98. The fraction of sp³-hybridized carbons (Fsp3) is 0.222. The molecule has 0 atom stereocenters. The van der Waals surface area contributed by atoms with Gasteiger partial charge in [0.05, 0.1) is 11.9 Å². The number of hydrazone groups is 1. The zero-order valence-electron chi connectivity index (χ0n) is 8.61. The van der Waals surface area contributed by atoms with E-state index in [1.807, 2.05) is 19.2 Å². The number of hydrogen-bond donors (Lipinski definition) is 3. The Morgan fingerprint density at radius 1 is 1.53 bits per heavy atom. The maximum absolute atomic E-state index is 4.86. The lowest BCUT2D eigenvalue weighted by atomic mass is 10.3. The molecule has 0 aliphatic carbocycles. The number of anilines is 1. The van der Waals surface area contributed by atoms with Gasteiger partial charge in [-0.05, 0) is 24.4 Å². The summed E-state index contributed by atoms with van der Waals surface area (Å²) in [6.07, 6.45) is 3.31. The summed E-state index contributed by atoms with van der Waals surface area (Å²) in [6.45, 7) is 0. The molecule has 80 valence electrons. The molecular weight excluding hydrogens is 210 g/mol. The van der Waals surface area contributed by atoms with Gasteiger partial charge in [0, 0.05) is 20.3 Å². The summed E-state index contributed by atoms with van der Waals surface area (Å²) < 4.78 is 0. The molecule has 1 aromatic heterocycles. The zero-order chi connectivity index (χ0) is 11.1. The van der Waals surface area contributed by atoms with Gasteiger partial charge in [0.25, 0.3) is 0 Å². The first-order valence-electron chi connectivity index (χ1n) is 4.41. The zero-order valence-corrected chi connectivity index (χ0v) is 9.43. The van der Waals surface area contributed by atoms with Crippen molar-refractivity contribution in [3.05, 3.63) is 24.0 Å². The van der Waals surface area contributed by atoms with Crippen LogP contribution in [0.4, 0.5) is 5.69 Å². The molecule has 1 rings (SSSR count). The SMILES string of the molecule is CNC(=S)N/N=C/c1ncccc1NC. The molecule has 15 heavy (non-hydrogen) atoms. The molecular formula is C9H13N5S. The number of aromatic nitrogens is 1. The fourth-order valence-corrected chi connectivity index (χ4v) is 0.992. The van der Waals surface area contributed by atoms with E-state index in [9.17, 15) is 0 Å². The van der Waals surface area contributed by atoms with Gasteiger partial charge in [-0.2, -0.15) is 5.10 Å². The van der Waals surface area contributed by atoms with E-state index in [2.05, 4.69) is 26.1 Å². The summed E-state index contributed by atoms with van der Waals surface area (Å²) in [5, 5.41) is 10.2. The Balaban J connectivity index is 2.67. The minimum atomic E-state index is 0.466. The van der Waals surface area contributed by atoms with E-state index >= 15 is 0 Å². The second-order valence-corrected chi connectivity index (χ2v) is 3.04. The lowest BCUT2D eigenvalue weighted by Crippen LogP contribution is -2.28. The van der Waals surface area contributed by atoms with Crippen molar-refractivity contribution >= 4 is 29.2 Å². The van der Waals surface area contributed by atoms with Gasteiger partial charge in [-0.3, -0.25) is 10.4 Å². The quantitative estimate of drug-likeness (QED) is 0.397. The van der Waals surface area contributed by atoms with Crippen molar-refractivity contribution in [1.29, 1.82) is 0 Å². The summed E-state index contributed by atoms with van der Waals surface area (Å²) in [6, 6.07) is 3.78. The normalized spacial score (nSPS) is 10.0. The summed E-state index contributed by atoms with van der Waals surface area (Å²) >= 11 is 4.86. The number of thiocarbonyl (C=S) groups is 1. The highest BCUT2D eigenvalue weighted by Crippen LogP contribution is 2.07. The number of pyridine rings is 1. The molecule has 1 heterocycles. The Morgan fingerprint density at radius 3 is 3.00 bits per heavy atom. The molecule has 0 saturated carbocycles. The average molecular weight is 223 g/mol. The highest BCUT2D eigenvalue weighted by Gasteiger charge is 1.96. The van der Waals surface area contributed by atoms with E-state index in [0.717, 1.165) is 11.4 Å². The molecule has 0 spiro atoms. The van der Waals surface area contributed by atoms with E-state index in [4.69, 9.17) is 12.2 Å².